The van der Waals surface area contributed by atoms with Crippen molar-refractivity contribution < 1.29 is 19.5 Å². The highest BCUT2D eigenvalue weighted by Gasteiger charge is 2.41. The second-order valence-corrected chi connectivity index (χ2v) is 5.88. The first-order valence-corrected chi connectivity index (χ1v) is 7.43. The normalized spacial score (nSPS) is 24.3. The predicted octanol–water partition coefficient (Wildman–Crippen LogP) is 2.20. The summed E-state index contributed by atoms with van der Waals surface area (Å²) in [5, 5.41) is 9.02. The van der Waals surface area contributed by atoms with Crippen LogP contribution in [0.15, 0.2) is 24.3 Å². The van der Waals surface area contributed by atoms with Crippen molar-refractivity contribution in [2.75, 3.05) is 7.05 Å². The third-order valence-electron chi connectivity index (χ3n) is 4.71. The van der Waals surface area contributed by atoms with Crippen LogP contribution in [0.3, 0.4) is 0 Å². The Hall–Kier alpha value is -2.37. The van der Waals surface area contributed by atoms with Gasteiger partial charge in [-0.1, -0.05) is 12.1 Å². The summed E-state index contributed by atoms with van der Waals surface area (Å²) in [6, 6.07) is 6.70. The second kappa shape index (κ2) is 5.44. The van der Waals surface area contributed by atoms with Crippen LogP contribution in [-0.2, 0) is 0 Å². The molecule has 0 atom stereocenters. The van der Waals surface area contributed by atoms with E-state index in [1.807, 2.05) is 0 Å². The van der Waals surface area contributed by atoms with E-state index in [0.717, 1.165) is 0 Å². The summed E-state index contributed by atoms with van der Waals surface area (Å²) < 4.78 is 0. The molecule has 0 spiro atoms. The highest BCUT2D eigenvalue weighted by molar-refractivity contribution is 6.21. The molecule has 116 valence electrons. The number of fused-ring (bicyclic) bond motifs is 1. The Labute approximate surface area is 128 Å². The van der Waals surface area contributed by atoms with E-state index in [1.54, 1.807) is 31.3 Å². The highest BCUT2D eigenvalue weighted by Crippen LogP contribution is 2.32. The van der Waals surface area contributed by atoms with Gasteiger partial charge in [0.1, 0.15) is 0 Å². The van der Waals surface area contributed by atoms with Crippen molar-refractivity contribution >= 4 is 17.9 Å². The lowest BCUT2D eigenvalue weighted by molar-refractivity contribution is 0.0503. The SMILES string of the molecule is CN(C(=O)O)[C@H]1CC[C@H](N2C(=O)c3ccccc3C2=O)CC1. The van der Waals surface area contributed by atoms with E-state index < -0.39 is 6.09 Å². The van der Waals surface area contributed by atoms with E-state index in [9.17, 15) is 14.4 Å². The summed E-state index contributed by atoms with van der Waals surface area (Å²) in [5.41, 5.74) is 0.939. The number of nitrogens with zero attached hydrogens (tertiary/aromatic N) is 2. The quantitative estimate of drug-likeness (QED) is 0.850. The summed E-state index contributed by atoms with van der Waals surface area (Å²) in [5.74, 6) is -0.453. The third-order valence-corrected chi connectivity index (χ3v) is 4.71. The average molecular weight is 302 g/mol. The number of carboxylic acid groups (broad SMARTS) is 1. The number of hydrogen-bond acceptors (Lipinski definition) is 3. The van der Waals surface area contributed by atoms with Gasteiger partial charge in [0.2, 0.25) is 0 Å². The zero-order valence-corrected chi connectivity index (χ0v) is 12.4. The van der Waals surface area contributed by atoms with Crippen molar-refractivity contribution in [2.24, 2.45) is 0 Å². The van der Waals surface area contributed by atoms with Crippen LogP contribution in [0, 0.1) is 0 Å². The molecule has 1 aromatic rings. The lowest BCUT2D eigenvalue weighted by Crippen LogP contribution is -2.46. The predicted molar refractivity (Wildman–Crippen MR) is 78.8 cm³/mol. The molecule has 3 rings (SSSR count). The monoisotopic (exact) mass is 302 g/mol. The van der Waals surface area contributed by atoms with Crippen LogP contribution in [0.5, 0.6) is 0 Å². The standard InChI is InChI=1S/C16H18N2O4/c1-17(16(21)22)10-6-8-11(9-7-10)18-14(19)12-4-2-3-5-13(12)15(18)20/h2-5,10-11H,6-9H2,1H3,(H,21,22)/t10-,11-. The molecule has 0 radical (unpaired) electrons. The van der Waals surface area contributed by atoms with Gasteiger partial charge in [-0.05, 0) is 37.8 Å². The van der Waals surface area contributed by atoms with Crippen LogP contribution >= 0.6 is 0 Å². The first kappa shape index (κ1) is 14.6. The highest BCUT2D eigenvalue weighted by atomic mass is 16.4. The van der Waals surface area contributed by atoms with Crippen molar-refractivity contribution in [1.29, 1.82) is 0 Å². The molecule has 0 saturated heterocycles. The van der Waals surface area contributed by atoms with Crippen LogP contribution in [0.4, 0.5) is 4.79 Å². The van der Waals surface area contributed by atoms with Gasteiger partial charge >= 0.3 is 6.09 Å². The largest absolute Gasteiger partial charge is 0.465 e. The zero-order valence-electron chi connectivity index (χ0n) is 12.4. The lowest BCUT2D eigenvalue weighted by Gasteiger charge is -2.36. The Kier molecular flexibility index (Phi) is 3.60. The third kappa shape index (κ3) is 2.24. The first-order valence-electron chi connectivity index (χ1n) is 7.43. The second-order valence-electron chi connectivity index (χ2n) is 5.88. The molecule has 0 aromatic heterocycles. The Balaban J connectivity index is 1.72. The van der Waals surface area contributed by atoms with Gasteiger partial charge in [0, 0.05) is 19.1 Å². The maximum atomic E-state index is 12.4. The minimum absolute atomic E-state index is 0.0380. The molecule has 1 aliphatic heterocycles. The number of benzene rings is 1. The molecule has 1 fully saturated rings. The molecule has 6 nitrogen and oxygen atoms in total. The summed E-state index contributed by atoms with van der Waals surface area (Å²) >= 11 is 0. The molecule has 6 heteroatoms. The van der Waals surface area contributed by atoms with Gasteiger partial charge < -0.3 is 10.0 Å². The Bertz CT molecular complexity index is 600. The Morgan fingerprint density at radius 1 is 1.09 bits per heavy atom. The van der Waals surface area contributed by atoms with Crippen LogP contribution in [0.1, 0.15) is 46.4 Å². The Morgan fingerprint density at radius 3 is 2.05 bits per heavy atom. The number of carbonyl (C=O) groups is 3. The van der Waals surface area contributed by atoms with Crippen molar-refractivity contribution in [3.8, 4) is 0 Å². The minimum Gasteiger partial charge on any atom is -0.465 e. The maximum Gasteiger partial charge on any atom is 0.407 e. The molecule has 2 aliphatic rings. The maximum absolute atomic E-state index is 12.4. The number of rotatable bonds is 2. The number of imide groups is 1. The fourth-order valence-electron chi connectivity index (χ4n) is 3.40. The van der Waals surface area contributed by atoms with Gasteiger partial charge in [0.25, 0.3) is 11.8 Å². The molecular weight excluding hydrogens is 284 g/mol. The summed E-state index contributed by atoms with van der Waals surface area (Å²) in [6.45, 7) is 0. The van der Waals surface area contributed by atoms with Crippen LogP contribution < -0.4 is 0 Å². The van der Waals surface area contributed by atoms with E-state index in [-0.39, 0.29) is 23.9 Å². The molecule has 0 unspecified atom stereocenters. The zero-order chi connectivity index (χ0) is 15.9. The van der Waals surface area contributed by atoms with E-state index in [0.29, 0.717) is 36.8 Å². The molecular formula is C16H18N2O4. The smallest absolute Gasteiger partial charge is 0.407 e. The topological polar surface area (TPSA) is 77.9 Å². The van der Waals surface area contributed by atoms with Gasteiger partial charge in [-0.3, -0.25) is 14.5 Å². The van der Waals surface area contributed by atoms with Crippen LogP contribution in [-0.4, -0.2) is 51.9 Å². The van der Waals surface area contributed by atoms with E-state index in [1.165, 1.54) is 9.80 Å². The van der Waals surface area contributed by atoms with Crippen LogP contribution in [0.2, 0.25) is 0 Å². The average Bonchev–Trinajstić information content (AvgIpc) is 2.79. The van der Waals surface area contributed by atoms with Gasteiger partial charge in [-0.2, -0.15) is 0 Å². The molecule has 3 amide bonds. The molecule has 0 bridgehead atoms. The van der Waals surface area contributed by atoms with E-state index >= 15 is 0 Å². The van der Waals surface area contributed by atoms with Gasteiger partial charge in [0.05, 0.1) is 11.1 Å². The fourth-order valence-corrected chi connectivity index (χ4v) is 3.40. The van der Waals surface area contributed by atoms with Crippen molar-refractivity contribution in [3.05, 3.63) is 35.4 Å². The van der Waals surface area contributed by atoms with Gasteiger partial charge in [0.15, 0.2) is 0 Å². The molecule has 22 heavy (non-hydrogen) atoms. The molecule has 1 N–H and O–H groups in total. The minimum atomic E-state index is -0.941. The number of hydrogen-bond donors (Lipinski definition) is 1. The van der Waals surface area contributed by atoms with Gasteiger partial charge in [-0.15, -0.1) is 0 Å². The summed E-state index contributed by atoms with van der Waals surface area (Å²) in [4.78, 5) is 38.5. The number of carbonyl (C=O) groups excluding carboxylic acids is 2. The van der Waals surface area contributed by atoms with Crippen molar-refractivity contribution in [1.82, 2.24) is 9.80 Å². The molecule has 1 saturated carbocycles. The molecule has 1 aliphatic carbocycles. The van der Waals surface area contributed by atoms with E-state index in [2.05, 4.69) is 0 Å². The van der Waals surface area contributed by atoms with E-state index in [4.69, 9.17) is 5.11 Å². The van der Waals surface area contributed by atoms with Crippen LogP contribution in [0.25, 0.3) is 0 Å². The van der Waals surface area contributed by atoms with Crippen molar-refractivity contribution in [3.63, 3.8) is 0 Å². The lowest BCUT2D eigenvalue weighted by atomic mass is 9.89. The molecule has 1 heterocycles. The number of amides is 3. The fraction of sp³-hybridized carbons (Fsp3) is 0.438. The molecule has 1 aromatic carbocycles. The van der Waals surface area contributed by atoms with Crippen molar-refractivity contribution in [2.45, 2.75) is 37.8 Å². The Morgan fingerprint density at radius 2 is 1.59 bits per heavy atom. The first-order chi connectivity index (χ1) is 10.5. The summed E-state index contributed by atoms with van der Waals surface area (Å²) in [7, 11) is 1.56. The summed E-state index contributed by atoms with van der Waals surface area (Å²) in [6.07, 6.45) is 1.69. The van der Waals surface area contributed by atoms with Gasteiger partial charge in [-0.25, -0.2) is 4.79 Å².